The minimum Gasteiger partial charge on any atom is -0.497 e. The number of nitrogens with one attached hydrogen (secondary N) is 1. The first kappa shape index (κ1) is 29.5. The molecule has 0 saturated carbocycles. The zero-order valence-corrected chi connectivity index (χ0v) is 21.9. The number of carbonyl (C=O) groups is 1. The number of hydrogen-bond acceptors (Lipinski definition) is 6. The van der Waals surface area contributed by atoms with Crippen LogP contribution in [0.2, 0.25) is 0 Å². The number of nitrogens with zero attached hydrogens (tertiary/aromatic N) is 1. The number of ether oxygens (including phenoxy) is 2. The van der Waals surface area contributed by atoms with Crippen molar-refractivity contribution in [2.24, 2.45) is 10.4 Å². The molecule has 0 amide bonds. The summed E-state index contributed by atoms with van der Waals surface area (Å²) in [4.78, 5) is 17.1. The molecule has 0 aromatic rings. The van der Waals surface area contributed by atoms with Gasteiger partial charge in [0, 0.05) is 28.8 Å². The van der Waals surface area contributed by atoms with Crippen molar-refractivity contribution in [1.29, 1.82) is 0 Å². The van der Waals surface area contributed by atoms with E-state index in [0.717, 1.165) is 36.4 Å². The Morgan fingerprint density at radius 3 is 2.52 bits per heavy atom. The van der Waals surface area contributed by atoms with Gasteiger partial charge in [-0.15, -0.1) is 0 Å². The molecule has 0 aromatic heterocycles. The van der Waals surface area contributed by atoms with Crippen LogP contribution in [0.1, 0.15) is 67.7 Å². The highest BCUT2D eigenvalue weighted by Crippen LogP contribution is 2.30. The van der Waals surface area contributed by atoms with Crippen molar-refractivity contribution in [1.82, 2.24) is 5.32 Å². The molecule has 2 unspecified atom stereocenters. The molecule has 0 aromatic carbocycles. The molecule has 0 bridgehead atoms. The van der Waals surface area contributed by atoms with Crippen LogP contribution in [0.5, 0.6) is 0 Å². The Morgan fingerprint density at radius 1 is 1.29 bits per heavy atom. The molecule has 0 aliphatic heterocycles. The van der Waals surface area contributed by atoms with E-state index in [1.807, 2.05) is 39.0 Å². The summed E-state index contributed by atoms with van der Waals surface area (Å²) in [5.74, 6) is 1.28. The molecule has 1 N–H and O–H groups in total. The molecule has 0 radical (unpaired) electrons. The third-order valence-electron chi connectivity index (χ3n) is 5.09. The van der Waals surface area contributed by atoms with Crippen LogP contribution in [-0.2, 0) is 14.3 Å². The standard InChI is InChI=1S/C23H38N2O3S.C2H6/c1-8-23(4,5)15-20(25-18-11-10-12-19(27-7)14-13-18)17(3)29-16-21(24-6)22(26)28-9-2;1-2/h10,12-14,17,21,24H,8-9,11,15-16H2,1-7H3;1-2H3. The number of hydrogen-bond donors (Lipinski definition) is 1. The van der Waals surface area contributed by atoms with Crippen molar-refractivity contribution in [3.63, 3.8) is 0 Å². The summed E-state index contributed by atoms with van der Waals surface area (Å²) >= 11 is 1.74. The van der Waals surface area contributed by atoms with Crippen LogP contribution in [-0.4, -0.2) is 49.5 Å². The highest BCUT2D eigenvalue weighted by atomic mass is 32.2. The molecule has 5 nitrogen and oxygen atoms in total. The maximum absolute atomic E-state index is 12.1. The lowest BCUT2D eigenvalue weighted by molar-refractivity contribution is -0.144. The Labute approximate surface area is 194 Å². The van der Waals surface area contributed by atoms with Gasteiger partial charge in [-0.05, 0) is 51.0 Å². The zero-order chi connectivity index (χ0) is 23.9. The molecule has 31 heavy (non-hydrogen) atoms. The van der Waals surface area contributed by atoms with Crippen molar-refractivity contribution < 1.29 is 14.3 Å². The van der Waals surface area contributed by atoms with Crippen molar-refractivity contribution >= 4 is 23.4 Å². The van der Waals surface area contributed by atoms with Gasteiger partial charge in [-0.2, -0.15) is 11.8 Å². The van der Waals surface area contributed by atoms with E-state index in [1.165, 1.54) is 0 Å². The number of carbonyl (C=O) groups excluding carboxylic acids is 1. The summed E-state index contributed by atoms with van der Waals surface area (Å²) in [6, 6.07) is -0.310. The smallest absolute Gasteiger partial charge is 0.323 e. The molecule has 178 valence electrons. The van der Waals surface area contributed by atoms with Crippen LogP contribution in [0, 0.1) is 5.41 Å². The van der Waals surface area contributed by atoms with E-state index in [4.69, 9.17) is 14.5 Å². The van der Waals surface area contributed by atoms with Gasteiger partial charge in [0.15, 0.2) is 0 Å². The fourth-order valence-electron chi connectivity index (χ4n) is 2.74. The minimum absolute atomic E-state index is 0.172. The van der Waals surface area contributed by atoms with Crippen LogP contribution in [0.4, 0.5) is 0 Å². The van der Waals surface area contributed by atoms with Crippen LogP contribution >= 0.6 is 11.8 Å². The maximum Gasteiger partial charge on any atom is 0.323 e. The Morgan fingerprint density at radius 2 is 1.97 bits per heavy atom. The zero-order valence-electron chi connectivity index (χ0n) is 21.1. The van der Waals surface area contributed by atoms with Gasteiger partial charge in [0.2, 0.25) is 0 Å². The van der Waals surface area contributed by atoms with E-state index in [1.54, 1.807) is 25.9 Å². The summed E-state index contributed by atoms with van der Waals surface area (Å²) in [5.41, 5.74) is 2.36. The van der Waals surface area contributed by atoms with Gasteiger partial charge < -0.3 is 14.8 Å². The second-order valence-electron chi connectivity index (χ2n) is 7.90. The summed E-state index contributed by atoms with van der Waals surface area (Å²) in [5, 5.41) is 3.26. The van der Waals surface area contributed by atoms with Crippen molar-refractivity contribution in [3.8, 4) is 0 Å². The fourth-order valence-corrected chi connectivity index (χ4v) is 3.85. The fraction of sp³-hybridized carbons (Fsp3) is 0.680. The lowest BCUT2D eigenvalue weighted by Crippen LogP contribution is -2.38. The molecule has 1 aliphatic rings. The average Bonchev–Trinajstić information content (AvgIpc) is 3.00. The number of likely N-dealkylation sites (N-methyl/N-ethyl adjacent to an activating group) is 1. The van der Waals surface area contributed by atoms with E-state index >= 15 is 0 Å². The highest BCUT2D eigenvalue weighted by Gasteiger charge is 2.25. The summed E-state index contributed by atoms with van der Waals surface area (Å²) in [6.07, 6.45) is 10.8. The van der Waals surface area contributed by atoms with Gasteiger partial charge in [0.25, 0.3) is 0 Å². The van der Waals surface area contributed by atoms with Gasteiger partial charge in [0.05, 0.1) is 13.7 Å². The summed E-state index contributed by atoms with van der Waals surface area (Å²) in [7, 11) is 3.47. The average molecular weight is 453 g/mol. The van der Waals surface area contributed by atoms with Crippen LogP contribution in [0.3, 0.4) is 0 Å². The SMILES string of the molecule is CC.CCOC(=O)C(CSC(C)C(CC(C)(C)CC)=NC1=CC=C(OC)C=CC1)NC. The number of esters is 1. The first-order valence-electron chi connectivity index (χ1n) is 11.4. The van der Waals surface area contributed by atoms with E-state index < -0.39 is 0 Å². The van der Waals surface area contributed by atoms with Gasteiger partial charge in [-0.3, -0.25) is 9.79 Å². The number of thioether (sulfide) groups is 1. The topological polar surface area (TPSA) is 59.9 Å². The van der Waals surface area contributed by atoms with E-state index in [2.05, 4.69) is 39.1 Å². The van der Waals surface area contributed by atoms with E-state index in [0.29, 0.717) is 12.4 Å². The van der Waals surface area contributed by atoms with Gasteiger partial charge in [0.1, 0.15) is 11.8 Å². The highest BCUT2D eigenvalue weighted by molar-refractivity contribution is 8.00. The molecule has 1 rings (SSSR count). The normalized spacial score (nSPS) is 16.2. The lowest BCUT2D eigenvalue weighted by Gasteiger charge is -2.27. The Balaban J connectivity index is 0.00000436. The van der Waals surface area contributed by atoms with Crippen LogP contribution < -0.4 is 5.32 Å². The molecule has 6 heteroatoms. The van der Waals surface area contributed by atoms with Crippen LogP contribution in [0.25, 0.3) is 0 Å². The first-order valence-corrected chi connectivity index (χ1v) is 12.5. The molecular formula is C25H44N2O3S. The number of allylic oxidation sites excluding steroid dienone is 4. The molecule has 0 saturated heterocycles. The molecule has 0 heterocycles. The monoisotopic (exact) mass is 452 g/mol. The molecular weight excluding hydrogens is 408 g/mol. The Hall–Kier alpha value is -1.53. The number of aliphatic imine (C=N–C) groups is 1. The molecule has 0 fully saturated rings. The van der Waals surface area contributed by atoms with E-state index in [-0.39, 0.29) is 22.7 Å². The Kier molecular flexibility index (Phi) is 15.4. The Bertz CT molecular complexity index is 651. The number of rotatable bonds is 12. The van der Waals surface area contributed by atoms with Crippen molar-refractivity contribution in [2.45, 2.75) is 79.0 Å². The molecule has 0 spiro atoms. The third kappa shape index (κ3) is 11.6. The largest absolute Gasteiger partial charge is 0.497 e. The predicted octanol–water partition coefficient (Wildman–Crippen LogP) is 5.93. The second-order valence-corrected chi connectivity index (χ2v) is 9.28. The van der Waals surface area contributed by atoms with Gasteiger partial charge in [-0.25, -0.2) is 0 Å². The molecule has 1 aliphatic carbocycles. The summed E-state index contributed by atoms with van der Waals surface area (Å²) in [6.45, 7) is 15.2. The molecule has 2 atom stereocenters. The quantitative estimate of drug-likeness (QED) is 0.294. The third-order valence-corrected chi connectivity index (χ3v) is 6.39. The maximum atomic E-state index is 12.1. The van der Waals surface area contributed by atoms with Crippen LogP contribution in [0.15, 0.2) is 40.8 Å². The van der Waals surface area contributed by atoms with Crippen molar-refractivity contribution in [2.75, 3.05) is 26.5 Å². The second kappa shape index (κ2) is 16.2. The predicted molar refractivity (Wildman–Crippen MR) is 136 cm³/mol. The van der Waals surface area contributed by atoms with Crippen molar-refractivity contribution in [3.05, 3.63) is 35.8 Å². The lowest BCUT2D eigenvalue weighted by atomic mass is 9.84. The summed E-state index contributed by atoms with van der Waals surface area (Å²) < 4.78 is 10.5. The van der Waals surface area contributed by atoms with E-state index in [9.17, 15) is 4.79 Å². The van der Waals surface area contributed by atoms with Gasteiger partial charge in [-0.1, -0.05) is 47.1 Å². The minimum atomic E-state index is -0.310. The number of methoxy groups -OCH3 is 1. The first-order chi connectivity index (χ1) is 14.8. The van der Waals surface area contributed by atoms with Gasteiger partial charge >= 0.3 is 5.97 Å².